The van der Waals surface area contributed by atoms with Gasteiger partial charge in [0.15, 0.2) is 11.5 Å². The average molecular weight is 383 g/mol. The second-order valence-corrected chi connectivity index (χ2v) is 5.89. The van der Waals surface area contributed by atoms with Crippen molar-refractivity contribution in [3.8, 4) is 17.2 Å². The fraction of sp³-hybridized carbons (Fsp3) is 0.200. The Morgan fingerprint density at radius 3 is 2.70 bits per heavy atom. The number of hydrogen-bond donors (Lipinski definition) is 2. The first-order valence-corrected chi connectivity index (χ1v) is 7.33. The van der Waals surface area contributed by atoms with E-state index in [0.29, 0.717) is 18.0 Å². The number of halogens is 1. The lowest BCUT2D eigenvalue weighted by atomic mass is 10.1. The summed E-state index contributed by atoms with van der Waals surface area (Å²) < 4.78 is 11.8. The summed E-state index contributed by atoms with van der Waals surface area (Å²) in [6.07, 6.45) is 0. The van der Waals surface area contributed by atoms with Gasteiger partial charge in [0.05, 0.1) is 0 Å². The number of anilines is 1. The maximum atomic E-state index is 9.99. The van der Waals surface area contributed by atoms with E-state index in [1.165, 1.54) is 9.13 Å². The fourth-order valence-corrected chi connectivity index (χ4v) is 2.78. The van der Waals surface area contributed by atoms with Crippen LogP contribution in [0.1, 0.15) is 11.1 Å². The van der Waals surface area contributed by atoms with Crippen molar-refractivity contribution >= 4 is 28.3 Å². The first kappa shape index (κ1) is 13.4. The number of benzene rings is 2. The third kappa shape index (κ3) is 2.63. The number of aromatic hydroxyl groups is 1. The van der Waals surface area contributed by atoms with Gasteiger partial charge in [0, 0.05) is 27.4 Å². The van der Waals surface area contributed by atoms with Crippen LogP contribution >= 0.6 is 22.6 Å². The Bertz CT molecular complexity index is 658. The minimum atomic E-state index is 0.210. The van der Waals surface area contributed by atoms with E-state index in [4.69, 9.17) is 9.47 Å². The quantitative estimate of drug-likeness (QED) is 0.795. The summed E-state index contributed by atoms with van der Waals surface area (Å²) in [7, 11) is 0. The van der Waals surface area contributed by atoms with E-state index in [-0.39, 0.29) is 12.5 Å². The Morgan fingerprint density at radius 1 is 1.20 bits per heavy atom. The van der Waals surface area contributed by atoms with Gasteiger partial charge in [-0.15, -0.1) is 0 Å². The van der Waals surface area contributed by atoms with Crippen LogP contribution in [0.2, 0.25) is 0 Å². The van der Waals surface area contributed by atoms with Crippen molar-refractivity contribution in [2.24, 2.45) is 0 Å². The molecule has 0 radical (unpaired) electrons. The number of aryl methyl sites for hydroxylation is 1. The maximum Gasteiger partial charge on any atom is 0.231 e. The average Bonchev–Trinajstić information content (AvgIpc) is 2.84. The van der Waals surface area contributed by atoms with Crippen LogP contribution in [0.4, 0.5) is 5.69 Å². The van der Waals surface area contributed by atoms with Gasteiger partial charge in [0.25, 0.3) is 0 Å². The van der Waals surface area contributed by atoms with Crippen LogP contribution in [-0.2, 0) is 6.54 Å². The molecule has 0 amide bonds. The molecule has 2 N–H and O–H groups in total. The van der Waals surface area contributed by atoms with Gasteiger partial charge in [-0.3, -0.25) is 0 Å². The van der Waals surface area contributed by atoms with Crippen LogP contribution in [-0.4, -0.2) is 11.9 Å². The van der Waals surface area contributed by atoms with Crippen molar-refractivity contribution in [1.82, 2.24) is 0 Å². The topological polar surface area (TPSA) is 50.7 Å². The van der Waals surface area contributed by atoms with Crippen molar-refractivity contribution in [2.45, 2.75) is 13.5 Å². The van der Waals surface area contributed by atoms with Crippen molar-refractivity contribution in [1.29, 1.82) is 0 Å². The maximum absolute atomic E-state index is 9.99. The smallest absolute Gasteiger partial charge is 0.231 e. The summed E-state index contributed by atoms with van der Waals surface area (Å²) in [6.45, 7) is 2.80. The van der Waals surface area contributed by atoms with E-state index in [1.807, 2.05) is 12.1 Å². The Labute approximate surface area is 130 Å². The molecule has 0 atom stereocenters. The second kappa shape index (κ2) is 5.40. The van der Waals surface area contributed by atoms with Crippen LogP contribution in [0.25, 0.3) is 0 Å². The molecule has 3 rings (SSSR count). The number of ether oxygens (including phenoxy) is 2. The fourth-order valence-electron chi connectivity index (χ4n) is 2.13. The van der Waals surface area contributed by atoms with E-state index in [2.05, 4.69) is 47.0 Å². The third-order valence-electron chi connectivity index (χ3n) is 3.23. The van der Waals surface area contributed by atoms with Crippen molar-refractivity contribution < 1.29 is 14.6 Å². The molecule has 20 heavy (non-hydrogen) atoms. The van der Waals surface area contributed by atoms with Gasteiger partial charge < -0.3 is 19.9 Å². The molecule has 0 saturated heterocycles. The molecule has 1 aliphatic heterocycles. The van der Waals surface area contributed by atoms with E-state index < -0.39 is 0 Å². The van der Waals surface area contributed by atoms with Crippen LogP contribution in [0, 0.1) is 10.5 Å². The molecule has 0 unspecified atom stereocenters. The monoisotopic (exact) mass is 383 g/mol. The number of hydrogen-bond acceptors (Lipinski definition) is 4. The van der Waals surface area contributed by atoms with Crippen LogP contribution in [0.3, 0.4) is 0 Å². The first-order chi connectivity index (χ1) is 9.63. The summed E-state index contributed by atoms with van der Waals surface area (Å²) in [5.41, 5.74) is 3.02. The zero-order chi connectivity index (χ0) is 14.1. The zero-order valence-corrected chi connectivity index (χ0v) is 13.1. The Kier molecular flexibility index (Phi) is 3.60. The predicted octanol–water partition coefficient (Wildman–Crippen LogP) is 3.65. The van der Waals surface area contributed by atoms with Gasteiger partial charge >= 0.3 is 0 Å². The van der Waals surface area contributed by atoms with Crippen LogP contribution in [0.5, 0.6) is 17.2 Å². The number of nitrogens with one attached hydrogen (secondary N) is 1. The molecule has 2 aromatic carbocycles. The highest BCUT2D eigenvalue weighted by Crippen LogP contribution is 2.37. The Morgan fingerprint density at radius 2 is 1.95 bits per heavy atom. The van der Waals surface area contributed by atoms with Gasteiger partial charge in [0.2, 0.25) is 6.79 Å². The van der Waals surface area contributed by atoms with Gasteiger partial charge in [-0.1, -0.05) is 0 Å². The summed E-state index contributed by atoms with van der Waals surface area (Å²) in [5.74, 6) is 1.49. The number of fused-ring (bicyclic) bond motifs is 1. The van der Waals surface area contributed by atoms with Gasteiger partial charge in [0.1, 0.15) is 5.75 Å². The van der Waals surface area contributed by atoms with Crippen molar-refractivity contribution in [2.75, 3.05) is 12.1 Å². The molecule has 0 fully saturated rings. The van der Waals surface area contributed by atoms with Crippen LogP contribution < -0.4 is 14.8 Å². The summed E-state index contributed by atoms with van der Waals surface area (Å²) in [6, 6.07) is 9.62. The van der Waals surface area contributed by atoms with E-state index in [1.54, 1.807) is 6.07 Å². The molecular weight excluding hydrogens is 369 g/mol. The largest absolute Gasteiger partial charge is 0.507 e. The predicted molar refractivity (Wildman–Crippen MR) is 85.5 cm³/mol. The minimum absolute atomic E-state index is 0.210. The molecule has 0 aliphatic carbocycles. The minimum Gasteiger partial charge on any atom is -0.507 e. The van der Waals surface area contributed by atoms with Gasteiger partial charge in [-0.05, 0) is 59.3 Å². The molecule has 0 bridgehead atoms. The van der Waals surface area contributed by atoms with E-state index in [0.717, 1.165) is 11.3 Å². The van der Waals surface area contributed by atoms with Crippen molar-refractivity contribution in [3.05, 3.63) is 45.0 Å². The molecule has 2 aromatic rings. The standard InChI is InChI=1S/C15H14INO3/c1-9-4-11(16)2-3-12(9)17-7-10-5-14-15(6-13(10)18)20-8-19-14/h2-6,17-18H,7-8H2,1H3. The lowest BCUT2D eigenvalue weighted by Crippen LogP contribution is -2.01. The van der Waals surface area contributed by atoms with E-state index >= 15 is 0 Å². The van der Waals surface area contributed by atoms with Crippen molar-refractivity contribution in [3.63, 3.8) is 0 Å². The Balaban J connectivity index is 1.78. The van der Waals surface area contributed by atoms with Gasteiger partial charge in [-0.25, -0.2) is 0 Å². The lowest BCUT2D eigenvalue weighted by Gasteiger charge is -2.11. The summed E-state index contributed by atoms with van der Waals surface area (Å²) >= 11 is 2.29. The SMILES string of the molecule is Cc1cc(I)ccc1NCc1cc2c(cc1O)OCO2. The zero-order valence-electron chi connectivity index (χ0n) is 10.9. The highest BCUT2D eigenvalue weighted by Gasteiger charge is 2.16. The van der Waals surface area contributed by atoms with Gasteiger partial charge in [-0.2, -0.15) is 0 Å². The van der Waals surface area contributed by atoms with Crippen LogP contribution in [0.15, 0.2) is 30.3 Å². The normalized spacial score (nSPS) is 12.5. The summed E-state index contributed by atoms with van der Waals surface area (Å²) in [4.78, 5) is 0. The molecule has 0 spiro atoms. The lowest BCUT2D eigenvalue weighted by molar-refractivity contribution is 0.174. The summed E-state index contributed by atoms with van der Waals surface area (Å²) in [5, 5.41) is 13.3. The molecule has 1 heterocycles. The first-order valence-electron chi connectivity index (χ1n) is 6.25. The Hall–Kier alpha value is -1.63. The molecule has 4 nitrogen and oxygen atoms in total. The molecule has 1 aliphatic rings. The number of phenolic OH excluding ortho intramolecular Hbond substituents is 1. The highest BCUT2D eigenvalue weighted by molar-refractivity contribution is 14.1. The molecule has 0 saturated carbocycles. The highest BCUT2D eigenvalue weighted by atomic mass is 127. The molecule has 0 aromatic heterocycles. The molecule has 104 valence electrons. The number of rotatable bonds is 3. The van der Waals surface area contributed by atoms with E-state index in [9.17, 15) is 5.11 Å². The second-order valence-electron chi connectivity index (χ2n) is 4.65. The number of phenols is 1. The molecular formula is C15H14INO3. The molecule has 5 heteroatoms. The third-order valence-corrected chi connectivity index (χ3v) is 3.90.